The Kier molecular flexibility index (Phi) is 2.87. The molecule has 2 rings (SSSR count). The van der Waals surface area contributed by atoms with Gasteiger partial charge in [0.1, 0.15) is 10.7 Å². The third-order valence-electron chi connectivity index (χ3n) is 1.93. The fraction of sp³-hybridized carbons (Fsp3) is 0.182. The van der Waals surface area contributed by atoms with E-state index < -0.39 is 0 Å². The lowest BCUT2D eigenvalue weighted by Crippen LogP contribution is -2.05. The molecule has 4 heteroatoms. The predicted octanol–water partition coefficient (Wildman–Crippen LogP) is 2.27. The Morgan fingerprint density at radius 1 is 1.47 bits per heavy atom. The molecule has 76 valence electrons. The highest BCUT2D eigenvalue weighted by molar-refractivity contribution is 7.09. The number of hydrogen-bond donors (Lipinski definition) is 0. The van der Waals surface area contributed by atoms with Gasteiger partial charge in [-0.2, -0.15) is 0 Å². The van der Waals surface area contributed by atoms with Crippen LogP contribution in [0, 0.1) is 6.92 Å². The molecule has 2 aromatic heterocycles. The van der Waals surface area contributed by atoms with Crippen LogP contribution in [0.15, 0.2) is 29.8 Å². The lowest BCUT2D eigenvalue weighted by Gasteiger charge is -1.96. The molecule has 0 radical (unpaired) electrons. The molecule has 0 saturated heterocycles. The van der Waals surface area contributed by atoms with E-state index in [9.17, 15) is 4.79 Å². The van der Waals surface area contributed by atoms with Gasteiger partial charge in [-0.3, -0.25) is 9.78 Å². The summed E-state index contributed by atoms with van der Waals surface area (Å²) in [5.74, 6) is 0.0185. The van der Waals surface area contributed by atoms with Gasteiger partial charge in [0, 0.05) is 17.3 Å². The predicted molar refractivity (Wildman–Crippen MR) is 59.1 cm³/mol. The monoisotopic (exact) mass is 218 g/mol. The SMILES string of the molecule is Cc1csc(CC(=O)c2ccccn2)n1. The zero-order valence-corrected chi connectivity index (χ0v) is 9.12. The van der Waals surface area contributed by atoms with Crippen molar-refractivity contribution in [3.63, 3.8) is 0 Å². The molecule has 15 heavy (non-hydrogen) atoms. The van der Waals surface area contributed by atoms with Crippen molar-refractivity contribution < 1.29 is 4.79 Å². The maximum Gasteiger partial charge on any atom is 0.187 e. The molecule has 0 saturated carbocycles. The number of carbonyl (C=O) groups excluding carboxylic acids is 1. The quantitative estimate of drug-likeness (QED) is 0.742. The molecule has 0 atom stereocenters. The van der Waals surface area contributed by atoms with E-state index in [-0.39, 0.29) is 5.78 Å². The lowest BCUT2D eigenvalue weighted by atomic mass is 10.2. The normalized spacial score (nSPS) is 10.2. The van der Waals surface area contributed by atoms with Gasteiger partial charge in [-0.05, 0) is 19.1 Å². The molecule has 0 unspecified atom stereocenters. The van der Waals surface area contributed by atoms with Crippen LogP contribution in [0.25, 0.3) is 0 Å². The van der Waals surface area contributed by atoms with Crippen LogP contribution in [0.3, 0.4) is 0 Å². The topological polar surface area (TPSA) is 42.9 Å². The number of carbonyl (C=O) groups is 1. The number of pyridine rings is 1. The number of rotatable bonds is 3. The van der Waals surface area contributed by atoms with Crippen molar-refractivity contribution >= 4 is 17.1 Å². The molecule has 0 N–H and O–H groups in total. The largest absolute Gasteiger partial charge is 0.292 e. The Labute approximate surface area is 91.8 Å². The van der Waals surface area contributed by atoms with Crippen molar-refractivity contribution in [2.45, 2.75) is 13.3 Å². The molecule has 0 aliphatic heterocycles. The molecule has 0 aromatic carbocycles. The summed E-state index contributed by atoms with van der Waals surface area (Å²) >= 11 is 1.51. The molecule has 0 aliphatic carbocycles. The number of hydrogen-bond acceptors (Lipinski definition) is 4. The minimum absolute atomic E-state index is 0.0185. The first-order valence-corrected chi connectivity index (χ1v) is 5.49. The van der Waals surface area contributed by atoms with Crippen molar-refractivity contribution in [3.8, 4) is 0 Å². The van der Waals surface area contributed by atoms with Crippen LogP contribution in [-0.4, -0.2) is 15.8 Å². The van der Waals surface area contributed by atoms with Crippen LogP contribution in [0.1, 0.15) is 21.2 Å². The zero-order chi connectivity index (χ0) is 10.7. The van der Waals surface area contributed by atoms with E-state index in [1.54, 1.807) is 18.3 Å². The Morgan fingerprint density at radius 3 is 2.93 bits per heavy atom. The van der Waals surface area contributed by atoms with E-state index in [0.29, 0.717) is 12.1 Å². The fourth-order valence-corrected chi connectivity index (χ4v) is 2.01. The summed E-state index contributed by atoms with van der Waals surface area (Å²) in [6.07, 6.45) is 1.97. The van der Waals surface area contributed by atoms with Gasteiger partial charge in [0.15, 0.2) is 5.78 Å². The average molecular weight is 218 g/mol. The van der Waals surface area contributed by atoms with Crippen LogP contribution in [0.5, 0.6) is 0 Å². The highest BCUT2D eigenvalue weighted by atomic mass is 32.1. The maximum absolute atomic E-state index is 11.7. The van der Waals surface area contributed by atoms with E-state index in [1.807, 2.05) is 18.4 Å². The first kappa shape index (κ1) is 9.98. The van der Waals surface area contributed by atoms with Crippen LogP contribution in [0.2, 0.25) is 0 Å². The number of nitrogens with zero attached hydrogens (tertiary/aromatic N) is 2. The van der Waals surface area contributed by atoms with E-state index in [2.05, 4.69) is 9.97 Å². The molecule has 0 spiro atoms. The second kappa shape index (κ2) is 4.31. The van der Waals surface area contributed by atoms with Crippen LogP contribution in [0.4, 0.5) is 0 Å². The second-order valence-corrected chi connectivity index (χ2v) is 4.14. The van der Waals surface area contributed by atoms with Gasteiger partial charge < -0.3 is 0 Å². The highest BCUT2D eigenvalue weighted by Gasteiger charge is 2.09. The summed E-state index contributed by atoms with van der Waals surface area (Å²) in [7, 11) is 0. The van der Waals surface area contributed by atoms with Crippen LogP contribution in [-0.2, 0) is 6.42 Å². The van der Waals surface area contributed by atoms with Gasteiger partial charge in [0.25, 0.3) is 0 Å². The maximum atomic E-state index is 11.7. The van der Waals surface area contributed by atoms with E-state index in [0.717, 1.165) is 10.7 Å². The standard InChI is InChI=1S/C11H10N2OS/c1-8-7-15-11(13-8)6-10(14)9-4-2-3-5-12-9/h2-5,7H,6H2,1H3. The Bertz CT molecular complexity index is 464. The van der Waals surface area contributed by atoms with Crippen molar-refractivity contribution in [3.05, 3.63) is 46.2 Å². The summed E-state index contributed by atoms with van der Waals surface area (Å²) in [5.41, 5.74) is 1.47. The Hall–Kier alpha value is -1.55. The van der Waals surface area contributed by atoms with Gasteiger partial charge in [-0.1, -0.05) is 6.07 Å². The summed E-state index contributed by atoms with van der Waals surface area (Å²) in [4.78, 5) is 20.0. The molecule has 0 aliphatic rings. The second-order valence-electron chi connectivity index (χ2n) is 3.20. The van der Waals surface area contributed by atoms with Gasteiger partial charge in [0.2, 0.25) is 0 Å². The van der Waals surface area contributed by atoms with Crippen molar-refractivity contribution in [1.29, 1.82) is 0 Å². The molecule has 3 nitrogen and oxygen atoms in total. The van der Waals surface area contributed by atoms with Crippen LogP contribution < -0.4 is 0 Å². The molecular weight excluding hydrogens is 208 g/mol. The minimum atomic E-state index is 0.0185. The molecule has 2 heterocycles. The summed E-state index contributed by atoms with van der Waals surface area (Å²) < 4.78 is 0. The van der Waals surface area contributed by atoms with Crippen LogP contribution >= 0.6 is 11.3 Å². The van der Waals surface area contributed by atoms with Crippen molar-refractivity contribution in [1.82, 2.24) is 9.97 Å². The van der Waals surface area contributed by atoms with Gasteiger partial charge in [-0.15, -0.1) is 11.3 Å². The smallest absolute Gasteiger partial charge is 0.187 e. The van der Waals surface area contributed by atoms with E-state index >= 15 is 0 Å². The number of thiazole rings is 1. The molecule has 0 fully saturated rings. The van der Waals surface area contributed by atoms with E-state index in [4.69, 9.17) is 0 Å². The van der Waals surface area contributed by atoms with Gasteiger partial charge in [-0.25, -0.2) is 4.98 Å². The number of Topliss-reactive ketones (excluding diaryl/α,β-unsaturated/α-hetero) is 1. The number of aromatic nitrogens is 2. The van der Waals surface area contributed by atoms with Gasteiger partial charge in [0.05, 0.1) is 6.42 Å². The third-order valence-corrected chi connectivity index (χ3v) is 2.90. The molecule has 0 bridgehead atoms. The zero-order valence-electron chi connectivity index (χ0n) is 8.30. The number of ketones is 1. The number of aryl methyl sites for hydroxylation is 1. The van der Waals surface area contributed by atoms with Crippen molar-refractivity contribution in [2.24, 2.45) is 0 Å². The molecule has 0 amide bonds. The molecular formula is C11H10N2OS. The summed E-state index contributed by atoms with van der Waals surface area (Å²) in [5, 5.41) is 2.80. The molecule has 2 aromatic rings. The Morgan fingerprint density at radius 2 is 2.33 bits per heavy atom. The minimum Gasteiger partial charge on any atom is -0.292 e. The van der Waals surface area contributed by atoms with E-state index in [1.165, 1.54) is 11.3 Å². The van der Waals surface area contributed by atoms with Crippen molar-refractivity contribution in [2.75, 3.05) is 0 Å². The average Bonchev–Trinajstić information content (AvgIpc) is 2.65. The first-order chi connectivity index (χ1) is 7.25. The van der Waals surface area contributed by atoms with Gasteiger partial charge >= 0.3 is 0 Å². The fourth-order valence-electron chi connectivity index (χ4n) is 1.24. The summed E-state index contributed by atoms with van der Waals surface area (Å²) in [6, 6.07) is 5.33. The third kappa shape index (κ3) is 2.47. The summed E-state index contributed by atoms with van der Waals surface area (Å²) in [6.45, 7) is 1.92. The first-order valence-electron chi connectivity index (χ1n) is 4.61. The highest BCUT2D eigenvalue weighted by Crippen LogP contribution is 2.11. The Balaban J connectivity index is 2.11. The lowest BCUT2D eigenvalue weighted by molar-refractivity contribution is 0.0988.